The second-order valence-electron chi connectivity index (χ2n) is 5.84. The molecule has 1 aliphatic heterocycles. The van der Waals surface area contributed by atoms with E-state index in [1.807, 2.05) is 18.2 Å². The summed E-state index contributed by atoms with van der Waals surface area (Å²) in [5.41, 5.74) is 1.19. The summed E-state index contributed by atoms with van der Waals surface area (Å²) in [6.07, 6.45) is 0.0260. The summed E-state index contributed by atoms with van der Waals surface area (Å²) in [6, 6.07) is 10.2. The quantitative estimate of drug-likeness (QED) is 0.775. The van der Waals surface area contributed by atoms with E-state index in [0.717, 1.165) is 12.2 Å². The summed E-state index contributed by atoms with van der Waals surface area (Å²) < 4.78 is 12.0. The molecule has 0 saturated carbocycles. The molecule has 0 radical (unpaired) electrons. The van der Waals surface area contributed by atoms with Gasteiger partial charge in [0.2, 0.25) is 0 Å². The third-order valence-corrected chi connectivity index (χ3v) is 3.32. The van der Waals surface area contributed by atoms with Gasteiger partial charge >= 0.3 is 0 Å². The highest BCUT2D eigenvalue weighted by molar-refractivity contribution is 5.16. The minimum Gasteiger partial charge on any atom is -0.348 e. The Morgan fingerprint density at radius 2 is 1.82 bits per heavy atom. The second kappa shape index (κ2) is 4.79. The fourth-order valence-corrected chi connectivity index (χ4v) is 2.57. The predicted molar refractivity (Wildman–Crippen MR) is 68.6 cm³/mol. The van der Waals surface area contributed by atoms with Crippen molar-refractivity contribution in [2.45, 2.75) is 40.1 Å². The molecule has 2 nitrogen and oxygen atoms in total. The molecule has 1 heterocycles. The molecule has 0 aromatic heterocycles. The molecular weight excluding hydrogens is 212 g/mol. The van der Waals surface area contributed by atoms with Crippen LogP contribution in [-0.2, 0) is 9.47 Å². The van der Waals surface area contributed by atoms with Gasteiger partial charge in [-0.1, -0.05) is 58.0 Å². The molecule has 1 saturated heterocycles. The van der Waals surface area contributed by atoms with Crippen molar-refractivity contribution in [2.75, 3.05) is 6.61 Å². The summed E-state index contributed by atoms with van der Waals surface area (Å²) in [5.74, 6) is 0.500. The highest BCUT2D eigenvalue weighted by atomic mass is 16.7. The fraction of sp³-hybridized carbons (Fsp3) is 0.600. The summed E-state index contributed by atoms with van der Waals surface area (Å²) in [4.78, 5) is 0. The lowest BCUT2D eigenvalue weighted by Crippen LogP contribution is -2.45. The average Bonchev–Trinajstić information content (AvgIpc) is 2.29. The first-order chi connectivity index (χ1) is 8.00. The Hall–Kier alpha value is -0.860. The molecular formula is C15H22O2. The van der Waals surface area contributed by atoms with E-state index in [1.165, 1.54) is 0 Å². The average molecular weight is 234 g/mol. The molecule has 0 N–H and O–H groups in total. The Balaban J connectivity index is 2.15. The lowest BCUT2D eigenvalue weighted by atomic mass is 9.80. The van der Waals surface area contributed by atoms with Crippen LogP contribution in [0.1, 0.15) is 39.5 Å². The monoisotopic (exact) mass is 234 g/mol. The first-order valence-electron chi connectivity index (χ1n) is 6.33. The van der Waals surface area contributed by atoms with Gasteiger partial charge in [-0.3, -0.25) is 0 Å². The number of hydrogen-bond acceptors (Lipinski definition) is 2. The van der Waals surface area contributed by atoms with Crippen molar-refractivity contribution < 1.29 is 9.47 Å². The van der Waals surface area contributed by atoms with Gasteiger partial charge in [0.25, 0.3) is 0 Å². The molecule has 2 heteroatoms. The van der Waals surface area contributed by atoms with Crippen LogP contribution in [0.3, 0.4) is 0 Å². The molecule has 17 heavy (non-hydrogen) atoms. The smallest absolute Gasteiger partial charge is 0.184 e. The van der Waals surface area contributed by atoms with E-state index in [0.29, 0.717) is 5.92 Å². The van der Waals surface area contributed by atoms with Gasteiger partial charge in [0, 0.05) is 11.0 Å². The molecule has 1 aromatic carbocycles. The van der Waals surface area contributed by atoms with Crippen molar-refractivity contribution in [3.63, 3.8) is 0 Å². The third-order valence-electron chi connectivity index (χ3n) is 3.32. The Labute approximate surface area is 104 Å². The summed E-state index contributed by atoms with van der Waals surface area (Å²) in [5, 5.41) is 0. The van der Waals surface area contributed by atoms with Gasteiger partial charge in [0.05, 0.1) is 12.7 Å². The second-order valence-corrected chi connectivity index (χ2v) is 5.84. The van der Waals surface area contributed by atoms with Crippen LogP contribution in [0.2, 0.25) is 0 Å². The van der Waals surface area contributed by atoms with Crippen LogP contribution >= 0.6 is 0 Å². The number of benzene rings is 1. The number of hydrogen-bond donors (Lipinski definition) is 0. The zero-order valence-electron chi connectivity index (χ0n) is 11.1. The van der Waals surface area contributed by atoms with E-state index in [-0.39, 0.29) is 17.8 Å². The van der Waals surface area contributed by atoms with Crippen molar-refractivity contribution >= 4 is 0 Å². The predicted octanol–water partition coefficient (Wildman–Crippen LogP) is 3.78. The summed E-state index contributed by atoms with van der Waals surface area (Å²) >= 11 is 0. The Morgan fingerprint density at radius 3 is 2.41 bits per heavy atom. The largest absolute Gasteiger partial charge is 0.348 e. The molecule has 0 bridgehead atoms. The van der Waals surface area contributed by atoms with Crippen molar-refractivity contribution in [1.82, 2.24) is 0 Å². The summed E-state index contributed by atoms with van der Waals surface area (Å²) in [6.45, 7) is 9.58. The molecule has 0 unspecified atom stereocenters. The minimum absolute atomic E-state index is 0.0828. The maximum Gasteiger partial charge on any atom is 0.184 e. The van der Waals surface area contributed by atoms with E-state index in [1.54, 1.807) is 0 Å². The van der Waals surface area contributed by atoms with Crippen molar-refractivity contribution in [3.8, 4) is 0 Å². The van der Waals surface area contributed by atoms with Gasteiger partial charge in [0.1, 0.15) is 0 Å². The van der Waals surface area contributed by atoms with Crippen LogP contribution in [0.4, 0.5) is 0 Å². The van der Waals surface area contributed by atoms with Gasteiger partial charge in [-0.25, -0.2) is 0 Å². The highest BCUT2D eigenvalue weighted by Gasteiger charge is 2.40. The fourth-order valence-electron chi connectivity index (χ4n) is 2.57. The van der Waals surface area contributed by atoms with Crippen LogP contribution in [0.25, 0.3) is 0 Å². The molecule has 0 aliphatic carbocycles. The molecule has 0 amide bonds. The highest BCUT2D eigenvalue weighted by Crippen LogP contribution is 2.39. The van der Waals surface area contributed by atoms with Crippen molar-refractivity contribution in [3.05, 3.63) is 35.9 Å². The zero-order valence-corrected chi connectivity index (χ0v) is 11.1. The van der Waals surface area contributed by atoms with Gasteiger partial charge < -0.3 is 9.47 Å². The molecule has 2 atom stereocenters. The van der Waals surface area contributed by atoms with E-state index < -0.39 is 0 Å². The Bertz CT molecular complexity index is 356. The van der Waals surface area contributed by atoms with E-state index in [9.17, 15) is 0 Å². The maximum atomic E-state index is 6.13. The van der Waals surface area contributed by atoms with Crippen LogP contribution in [0.15, 0.2) is 30.3 Å². The normalized spacial score (nSPS) is 28.3. The first-order valence-corrected chi connectivity index (χ1v) is 6.33. The van der Waals surface area contributed by atoms with Gasteiger partial charge in [-0.15, -0.1) is 0 Å². The van der Waals surface area contributed by atoms with E-state index in [4.69, 9.17) is 9.47 Å². The first kappa shape index (κ1) is 12.6. The van der Waals surface area contributed by atoms with Crippen LogP contribution in [0.5, 0.6) is 0 Å². The molecule has 94 valence electrons. The zero-order chi connectivity index (χ0) is 12.5. The van der Waals surface area contributed by atoms with Crippen LogP contribution in [0, 0.1) is 11.3 Å². The van der Waals surface area contributed by atoms with Gasteiger partial charge in [0.15, 0.2) is 6.29 Å². The van der Waals surface area contributed by atoms with Crippen molar-refractivity contribution in [2.24, 2.45) is 11.3 Å². The Morgan fingerprint density at radius 1 is 1.18 bits per heavy atom. The summed E-state index contributed by atoms with van der Waals surface area (Å²) in [7, 11) is 0. The third kappa shape index (κ3) is 2.70. The van der Waals surface area contributed by atoms with Gasteiger partial charge in [-0.2, -0.15) is 0 Å². The maximum absolute atomic E-state index is 6.13. The molecule has 1 aliphatic rings. The van der Waals surface area contributed by atoms with E-state index >= 15 is 0 Å². The lowest BCUT2D eigenvalue weighted by molar-refractivity contribution is -0.274. The van der Waals surface area contributed by atoms with Gasteiger partial charge in [-0.05, 0) is 5.92 Å². The standard InChI is InChI=1S/C15H22O2/c1-11(2)13-15(3,4)10-16-14(17-13)12-8-6-5-7-9-12/h5-9,11,13-14H,10H2,1-4H3/t13-,14+/m0/s1. The SMILES string of the molecule is CC(C)[C@@H]1O[C@H](c2ccccc2)OCC1(C)C. The number of ether oxygens (including phenoxy) is 2. The van der Waals surface area contributed by atoms with Crippen LogP contribution in [-0.4, -0.2) is 12.7 Å². The topological polar surface area (TPSA) is 18.5 Å². The van der Waals surface area contributed by atoms with E-state index in [2.05, 4.69) is 39.8 Å². The molecule has 0 spiro atoms. The molecule has 1 aromatic rings. The Kier molecular flexibility index (Phi) is 3.55. The van der Waals surface area contributed by atoms with Crippen molar-refractivity contribution in [1.29, 1.82) is 0 Å². The molecule has 2 rings (SSSR count). The molecule has 1 fully saturated rings. The minimum atomic E-state index is -0.211. The number of rotatable bonds is 2. The van der Waals surface area contributed by atoms with Crippen LogP contribution < -0.4 is 0 Å². The lowest BCUT2D eigenvalue weighted by Gasteiger charge is -2.44.